The van der Waals surface area contributed by atoms with Crippen LogP contribution in [0.4, 0.5) is 5.69 Å². The number of rotatable bonds is 6. The zero-order valence-corrected chi connectivity index (χ0v) is 15.4. The van der Waals surface area contributed by atoms with E-state index in [0.717, 1.165) is 11.1 Å². The molecule has 7 heteroatoms. The van der Waals surface area contributed by atoms with Gasteiger partial charge >= 0.3 is 5.97 Å². The predicted molar refractivity (Wildman–Crippen MR) is 95.8 cm³/mol. The molecule has 0 saturated heterocycles. The number of ether oxygens (including phenoxy) is 1. The van der Waals surface area contributed by atoms with Crippen LogP contribution in [-0.2, 0) is 21.2 Å². The Kier molecular flexibility index (Phi) is 5.37. The molecule has 25 heavy (non-hydrogen) atoms. The van der Waals surface area contributed by atoms with Crippen molar-refractivity contribution in [2.24, 2.45) is 0 Å². The number of carbonyl (C=O) groups is 1. The highest BCUT2D eigenvalue weighted by atomic mass is 32.2. The topological polar surface area (TPSA) is 83.9 Å². The fourth-order valence-corrected chi connectivity index (χ4v) is 4.11. The van der Waals surface area contributed by atoms with Crippen LogP contribution in [0.3, 0.4) is 0 Å². The van der Waals surface area contributed by atoms with Gasteiger partial charge in [0.05, 0.1) is 19.2 Å². The van der Waals surface area contributed by atoms with Crippen molar-refractivity contribution in [2.75, 3.05) is 18.5 Å². The van der Waals surface area contributed by atoms with Gasteiger partial charge < -0.3 is 9.84 Å². The molecule has 6 nitrogen and oxygen atoms in total. The van der Waals surface area contributed by atoms with Crippen molar-refractivity contribution in [2.45, 2.75) is 25.2 Å². The molecule has 0 unspecified atom stereocenters. The summed E-state index contributed by atoms with van der Waals surface area (Å²) in [6.07, 6.45) is -0.264. The minimum atomic E-state index is -3.91. The van der Waals surface area contributed by atoms with Gasteiger partial charge in [-0.05, 0) is 43.2 Å². The van der Waals surface area contributed by atoms with Crippen molar-refractivity contribution in [1.29, 1.82) is 0 Å². The molecule has 1 N–H and O–H groups in total. The number of hydrogen-bond donors (Lipinski definition) is 1. The van der Waals surface area contributed by atoms with Gasteiger partial charge in [0.25, 0.3) is 10.0 Å². The van der Waals surface area contributed by atoms with Crippen LogP contribution < -0.4 is 9.04 Å². The van der Waals surface area contributed by atoms with Crippen LogP contribution in [0, 0.1) is 13.8 Å². The summed E-state index contributed by atoms with van der Waals surface area (Å²) in [5.74, 6) is -0.859. The minimum Gasteiger partial charge on any atom is -0.495 e. The van der Waals surface area contributed by atoms with Gasteiger partial charge in [-0.1, -0.05) is 23.8 Å². The zero-order valence-electron chi connectivity index (χ0n) is 14.6. The van der Waals surface area contributed by atoms with Crippen LogP contribution in [0.25, 0.3) is 0 Å². The van der Waals surface area contributed by atoms with Gasteiger partial charge in [-0.15, -0.1) is 0 Å². The summed E-state index contributed by atoms with van der Waals surface area (Å²) in [6.45, 7) is 3.77. The van der Waals surface area contributed by atoms with E-state index >= 15 is 0 Å². The van der Waals surface area contributed by atoms with Gasteiger partial charge in [0.1, 0.15) is 10.6 Å². The molecule has 0 heterocycles. The highest BCUT2D eigenvalue weighted by molar-refractivity contribution is 7.93. The van der Waals surface area contributed by atoms with Gasteiger partial charge in [-0.3, -0.25) is 9.10 Å². The van der Waals surface area contributed by atoms with Crippen LogP contribution in [0.1, 0.15) is 16.7 Å². The molecular formula is C18H21NO5S. The third kappa shape index (κ3) is 3.93. The van der Waals surface area contributed by atoms with Crippen LogP contribution in [-0.4, -0.2) is 33.7 Å². The summed E-state index contributed by atoms with van der Waals surface area (Å²) in [5, 5.41) is 8.95. The van der Waals surface area contributed by atoms with Crippen LogP contribution in [0.15, 0.2) is 41.3 Å². The molecule has 0 radical (unpaired) electrons. The fourth-order valence-electron chi connectivity index (χ4n) is 2.64. The van der Waals surface area contributed by atoms with E-state index in [1.165, 1.54) is 30.6 Å². The number of anilines is 1. The quantitative estimate of drug-likeness (QED) is 0.853. The minimum absolute atomic E-state index is 0.0591. The molecular weight excluding hydrogens is 342 g/mol. The lowest BCUT2D eigenvalue weighted by molar-refractivity contribution is -0.136. The number of benzene rings is 2. The maximum Gasteiger partial charge on any atom is 0.307 e. The number of hydrogen-bond acceptors (Lipinski definition) is 4. The highest BCUT2D eigenvalue weighted by Crippen LogP contribution is 2.31. The maximum absolute atomic E-state index is 13.1. The van der Waals surface area contributed by atoms with Gasteiger partial charge in [0.2, 0.25) is 0 Å². The second-order valence-electron chi connectivity index (χ2n) is 5.82. The average molecular weight is 363 g/mol. The summed E-state index contributed by atoms with van der Waals surface area (Å²) in [7, 11) is -1.07. The molecule has 0 amide bonds. The number of sulfonamides is 1. The van der Waals surface area contributed by atoms with Gasteiger partial charge in [0, 0.05) is 7.05 Å². The lowest BCUT2D eigenvalue weighted by Gasteiger charge is -2.23. The molecule has 0 aromatic heterocycles. The van der Waals surface area contributed by atoms with E-state index in [1.807, 2.05) is 26.0 Å². The van der Waals surface area contributed by atoms with E-state index in [-0.39, 0.29) is 17.1 Å². The van der Waals surface area contributed by atoms with E-state index < -0.39 is 16.0 Å². The Balaban J connectivity index is 2.55. The largest absolute Gasteiger partial charge is 0.495 e. The summed E-state index contributed by atoms with van der Waals surface area (Å²) >= 11 is 0. The van der Waals surface area contributed by atoms with Crippen LogP contribution in [0.2, 0.25) is 0 Å². The van der Waals surface area contributed by atoms with Crippen LogP contribution in [0.5, 0.6) is 5.75 Å². The predicted octanol–water partition coefficient (Wildman–Crippen LogP) is 2.76. The number of carboxylic acid groups (broad SMARTS) is 1. The Morgan fingerprint density at radius 2 is 1.84 bits per heavy atom. The van der Waals surface area contributed by atoms with E-state index in [2.05, 4.69) is 0 Å². The molecule has 0 aliphatic heterocycles. The summed E-state index contributed by atoms with van der Waals surface area (Å²) in [4.78, 5) is 10.9. The Hall–Kier alpha value is -2.54. The van der Waals surface area contributed by atoms with E-state index in [9.17, 15) is 13.2 Å². The number of methoxy groups -OCH3 is 1. The lowest BCUT2D eigenvalue weighted by Crippen LogP contribution is -2.27. The molecule has 134 valence electrons. The third-order valence-electron chi connectivity index (χ3n) is 3.91. The van der Waals surface area contributed by atoms with Gasteiger partial charge in [0.15, 0.2) is 0 Å². The molecule has 2 rings (SSSR count). The second-order valence-corrected chi connectivity index (χ2v) is 7.76. The first-order valence-electron chi connectivity index (χ1n) is 7.61. The van der Waals surface area contributed by atoms with Crippen LogP contribution >= 0.6 is 0 Å². The number of aliphatic carboxylic acids is 1. The van der Waals surface area contributed by atoms with Crippen molar-refractivity contribution in [3.8, 4) is 5.75 Å². The van der Waals surface area contributed by atoms with E-state index in [1.54, 1.807) is 12.1 Å². The second kappa shape index (κ2) is 7.14. The SMILES string of the molecule is COc1ccc(CC(=O)O)cc1S(=O)(=O)N(C)c1ccc(C)cc1C. The standard InChI is InChI=1S/C18H21NO5S/c1-12-5-7-15(13(2)9-12)19(3)25(22,23)17-10-14(11-18(20)21)6-8-16(17)24-4/h5-10H,11H2,1-4H3,(H,20,21). The smallest absolute Gasteiger partial charge is 0.307 e. The zero-order chi connectivity index (χ0) is 18.8. The first-order chi connectivity index (χ1) is 11.7. The Labute approximate surface area is 147 Å². The summed E-state index contributed by atoms with van der Waals surface area (Å²) in [6, 6.07) is 9.86. The molecule has 0 saturated carbocycles. The van der Waals surface area contributed by atoms with Crippen molar-refractivity contribution < 1.29 is 23.1 Å². The first kappa shape index (κ1) is 18.8. The Morgan fingerprint density at radius 3 is 2.40 bits per heavy atom. The number of carboxylic acids is 1. The summed E-state index contributed by atoms with van der Waals surface area (Å²) in [5.41, 5.74) is 2.80. The third-order valence-corrected chi connectivity index (χ3v) is 5.71. The molecule has 0 atom stereocenters. The monoisotopic (exact) mass is 363 g/mol. The molecule has 0 fully saturated rings. The van der Waals surface area contributed by atoms with Crippen molar-refractivity contribution in [3.63, 3.8) is 0 Å². The number of aryl methyl sites for hydroxylation is 2. The van der Waals surface area contributed by atoms with E-state index in [4.69, 9.17) is 9.84 Å². The Bertz CT molecular complexity index is 906. The van der Waals surface area contributed by atoms with E-state index in [0.29, 0.717) is 11.3 Å². The molecule has 0 bridgehead atoms. The van der Waals surface area contributed by atoms with Crippen molar-refractivity contribution in [3.05, 3.63) is 53.1 Å². The average Bonchev–Trinajstić information content (AvgIpc) is 2.53. The van der Waals surface area contributed by atoms with Crippen molar-refractivity contribution in [1.82, 2.24) is 0 Å². The molecule has 0 spiro atoms. The van der Waals surface area contributed by atoms with Gasteiger partial charge in [-0.25, -0.2) is 8.42 Å². The van der Waals surface area contributed by atoms with Gasteiger partial charge in [-0.2, -0.15) is 0 Å². The number of nitrogens with zero attached hydrogens (tertiary/aromatic N) is 1. The molecule has 0 aliphatic carbocycles. The first-order valence-corrected chi connectivity index (χ1v) is 9.05. The Morgan fingerprint density at radius 1 is 1.16 bits per heavy atom. The highest BCUT2D eigenvalue weighted by Gasteiger charge is 2.26. The van der Waals surface area contributed by atoms with Crippen molar-refractivity contribution >= 4 is 21.7 Å². The fraction of sp³-hybridized carbons (Fsp3) is 0.278. The maximum atomic E-state index is 13.1. The summed E-state index contributed by atoms with van der Waals surface area (Å²) < 4.78 is 32.5. The molecule has 0 aliphatic rings. The normalized spacial score (nSPS) is 11.2. The molecule has 2 aromatic carbocycles. The lowest BCUT2D eigenvalue weighted by atomic mass is 10.1. The molecule has 2 aromatic rings.